The van der Waals surface area contributed by atoms with Gasteiger partial charge in [0, 0.05) is 0 Å². The molecule has 0 radical (unpaired) electrons. The summed E-state index contributed by atoms with van der Waals surface area (Å²) in [6.45, 7) is 2.26. The van der Waals surface area contributed by atoms with Crippen LogP contribution in [-0.4, -0.2) is 5.11 Å². The number of unbranched alkanes of at least 4 members (excludes halogenated alkanes) is 8. The third-order valence-corrected chi connectivity index (χ3v) is 3.68. The van der Waals surface area contributed by atoms with E-state index in [0.29, 0.717) is 0 Å². The Balaban J connectivity index is 1.99. The van der Waals surface area contributed by atoms with Gasteiger partial charge in [0.1, 0.15) is 0 Å². The largest absolute Gasteiger partial charge is 0.384 e. The van der Waals surface area contributed by atoms with Crippen molar-refractivity contribution in [1.82, 2.24) is 0 Å². The lowest BCUT2D eigenvalue weighted by Crippen LogP contribution is -1.91. The highest BCUT2D eigenvalue weighted by Gasteiger charge is 2.00. The van der Waals surface area contributed by atoms with Gasteiger partial charge in [-0.25, -0.2) is 0 Å². The summed E-state index contributed by atoms with van der Waals surface area (Å²) >= 11 is 0. The third kappa shape index (κ3) is 8.16. The fraction of sp³-hybridized carbons (Fsp3) is 0.579. The van der Waals surface area contributed by atoms with E-state index in [2.05, 4.69) is 13.0 Å². The molecule has 1 unspecified atom stereocenters. The Morgan fingerprint density at radius 2 is 1.50 bits per heavy atom. The molecule has 0 aliphatic rings. The second-order valence-electron chi connectivity index (χ2n) is 5.55. The Morgan fingerprint density at radius 3 is 2.15 bits per heavy atom. The third-order valence-electron chi connectivity index (χ3n) is 3.68. The molecule has 1 heteroatoms. The van der Waals surface area contributed by atoms with Crippen LogP contribution >= 0.6 is 0 Å². The number of allylic oxidation sites excluding steroid dienone is 1. The summed E-state index contributed by atoms with van der Waals surface area (Å²) in [5.74, 6) is 0. The minimum Gasteiger partial charge on any atom is -0.384 e. The molecule has 0 aliphatic carbocycles. The van der Waals surface area contributed by atoms with Gasteiger partial charge in [-0.05, 0) is 18.4 Å². The molecule has 0 saturated heterocycles. The van der Waals surface area contributed by atoms with E-state index in [4.69, 9.17) is 0 Å². The minimum absolute atomic E-state index is 0.453. The van der Waals surface area contributed by atoms with Crippen LogP contribution in [0.5, 0.6) is 0 Å². The van der Waals surface area contributed by atoms with E-state index >= 15 is 0 Å². The molecule has 1 aromatic carbocycles. The van der Waals surface area contributed by atoms with Crippen molar-refractivity contribution >= 4 is 0 Å². The fourth-order valence-electron chi connectivity index (χ4n) is 2.38. The predicted molar refractivity (Wildman–Crippen MR) is 87.8 cm³/mol. The zero-order chi connectivity index (χ0) is 14.5. The summed E-state index contributed by atoms with van der Waals surface area (Å²) in [7, 11) is 0. The second kappa shape index (κ2) is 11.7. The maximum Gasteiger partial charge on any atom is 0.0971 e. The molecule has 0 bridgehead atoms. The van der Waals surface area contributed by atoms with Crippen molar-refractivity contribution in [2.45, 2.75) is 70.8 Å². The summed E-state index contributed by atoms with van der Waals surface area (Å²) in [5, 5.41) is 9.96. The Bertz CT molecular complexity index is 342. The topological polar surface area (TPSA) is 20.2 Å². The van der Waals surface area contributed by atoms with E-state index in [-0.39, 0.29) is 0 Å². The van der Waals surface area contributed by atoms with Crippen molar-refractivity contribution in [3.63, 3.8) is 0 Å². The van der Waals surface area contributed by atoms with Crippen LogP contribution in [0.15, 0.2) is 42.5 Å². The predicted octanol–water partition coefficient (Wildman–Crippen LogP) is 5.81. The van der Waals surface area contributed by atoms with Crippen LogP contribution in [0.25, 0.3) is 0 Å². The van der Waals surface area contributed by atoms with Crippen LogP contribution in [-0.2, 0) is 0 Å². The molecule has 1 nitrogen and oxygen atoms in total. The standard InChI is InChI=1S/C19H30O/c1-2-3-4-5-6-7-8-9-10-14-17-19(20)18-15-12-11-13-16-18/h11-17,19-20H,2-10H2,1H3/b17-14-. The van der Waals surface area contributed by atoms with Crippen molar-refractivity contribution in [2.24, 2.45) is 0 Å². The number of hydrogen-bond donors (Lipinski definition) is 1. The van der Waals surface area contributed by atoms with E-state index in [1.54, 1.807) is 0 Å². The fourth-order valence-corrected chi connectivity index (χ4v) is 2.38. The quantitative estimate of drug-likeness (QED) is 0.399. The van der Waals surface area contributed by atoms with Crippen molar-refractivity contribution in [1.29, 1.82) is 0 Å². The summed E-state index contributed by atoms with van der Waals surface area (Å²) in [6, 6.07) is 9.83. The lowest BCUT2D eigenvalue weighted by molar-refractivity contribution is 0.228. The maximum atomic E-state index is 9.96. The van der Waals surface area contributed by atoms with Crippen LogP contribution in [0.3, 0.4) is 0 Å². The van der Waals surface area contributed by atoms with Gasteiger partial charge in [-0.15, -0.1) is 0 Å². The first kappa shape index (κ1) is 17.0. The number of rotatable bonds is 11. The molecule has 1 atom stereocenters. The molecule has 1 aromatic rings. The van der Waals surface area contributed by atoms with E-state index in [9.17, 15) is 5.11 Å². The number of aliphatic hydroxyl groups is 1. The lowest BCUT2D eigenvalue weighted by Gasteiger charge is -2.05. The molecular weight excluding hydrogens is 244 g/mol. The Labute approximate surface area is 124 Å². The summed E-state index contributed by atoms with van der Waals surface area (Å²) in [4.78, 5) is 0. The van der Waals surface area contributed by atoms with E-state index in [1.807, 2.05) is 36.4 Å². The second-order valence-corrected chi connectivity index (χ2v) is 5.55. The van der Waals surface area contributed by atoms with Crippen molar-refractivity contribution in [2.75, 3.05) is 0 Å². The zero-order valence-electron chi connectivity index (χ0n) is 12.9. The molecule has 1 rings (SSSR count). The summed E-state index contributed by atoms with van der Waals surface area (Å²) < 4.78 is 0. The van der Waals surface area contributed by atoms with Crippen molar-refractivity contribution < 1.29 is 5.11 Å². The zero-order valence-corrected chi connectivity index (χ0v) is 12.9. The first-order valence-electron chi connectivity index (χ1n) is 8.24. The monoisotopic (exact) mass is 274 g/mol. The van der Waals surface area contributed by atoms with Crippen molar-refractivity contribution in [3.05, 3.63) is 48.0 Å². The average Bonchev–Trinajstić information content (AvgIpc) is 2.50. The lowest BCUT2D eigenvalue weighted by atomic mass is 10.1. The highest BCUT2D eigenvalue weighted by atomic mass is 16.3. The molecule has 0 spiro atoms. The molecule has 112 valence electrons. The molecule has 0 heterocycles. The Morgan fingerprint density at radius 1 is 0.900 bits per heavy atom. The van der Waals surface area contributed by atoms with Crippen molar-refractivity contribution in [3.8, 4) is 0 Å². The van der Waals surface area contributed by atoms with Gasteiger partial charge in [-0.1, -0.05) is 94.4 Å². The van der Waals surface area contributed by atoms with Gasteiger partial charge in [0.05, 0.1) is 6.10 Å². The summed E-state index contributed by atoms with van der Waals surface area (Å²) in [6.07, 6.45) is 15.5. The number of hydrogen-bond acceptors (Lipinski definition) is 1. The van der Waals surface area contributed by atoms with Crippen LogP contribution < -0.4 is 0 Å². The van der Waals surface area contributed by atoms with E-state index in [1.165, 1.54) is 51.4 Å². The van der Waals surface area contributed by atoms with Gasteiger partial charge in [0.2, 0.25) is 0 Å². The molecular formula is C19H30O. The van der Waals surface area contributed by atoms with E-state index in [0.717, 1.165) is 12.0 Å². The van der Waals surface area contributed by atoms with Crippen LogP contribution in [0, 0.1) is 0 Å². The molecule has 0 amide bonds. The molecule has 0 aromatic heterocycles. The molecule has 20 heavy (non-hydrogen) atoms. The van der Waals surface area contributed by atoms with Gasteiger partial charge in [-0.3, -0.25) is 0 Å². The highest BCUT2D eigenvalue weighted by molar-refractivity contribution is 5.20. The Kier molecular flexibility index (Phi) is 9.95. The molecule has 0 saturated carbocycles. The smallest absolute Gasteiger partial charge is 0.0971 e. The number of aliphatic hydroxyl groups excluding tert-OH is 1. The van der Waals surface area contributed by atoms with Crippen LogP contribution in [0.2, 0.25) is 0 Å². The first-order valence-corrected chi connectivity index (χ1v) is 8.24. The SMILES string of the molecule is CCCCCCCCCC/C=C\C(O)c1ccccc1. The van der Waals surface area contributed by atoms with Gasteiger partial charge >= 0.3 is 0 Å². The molecule has 1 N–H and O–H groups in total. The van der Waals surface area contributed by atoms with Gasteiger partial charge in [0.25, 0.3) is 0 Å². The normalized spacial score (nSPS) is 12.9. The van der Waals surface area contributed by atoms with Gasteiger partial charge in [-0.2, -0.15) is 0 Å². The molecule has 0 fully saturated rings. The van der Waals surface area contributed by atoms with E-state index < -0.39 is 6.10 Å². The number of benzene rings is 1. The minimum atomic E-state index is -0.453. The van der Waals surface area contributed by atoms with Crippen LogP contribution in [0.4, 0.5) is 0 Å². The van der Waals surface area contributed by atoms with Crippen LogP contribution in [0.1, 0.15) is 76.4 Å². The first-order chi connectivity index (χ1) is 9.84. The highest BCUT2D eigenvalue weighted by Crippen LogP contribution is 2.14. The summed E-state index contributed by atoms with van der Waals surface area (Å²) in [5.41, 5.74) is 0.972. The molecule has 0 aliphatic heterocycles. The maximum absolute atomic E-state index is 9.96. The van der Waals surface area contributed by atoms with Gasteiger partial charge < -0.3 is 5.11 Å². The van der Waals surface area contributed by atoms with Gasteiger partial charge in [0.15, 0.2) is 0 Å². The Hall–Kier alpha value is -1.08. The average molecular weight is 274 g/mol.